The smallest absolute Gasteiger partial charge is 0.247 e. The van der Waals surface area contributed by atoms with Gasteiger partial charge in [-0.2, -0.15) is 0 Å². The van der Waals surface area contributed by atoms with E-state index in [1.807, 2.05) is 37.3 Å². The van der Waals surface area contributed by atoms with Crippen LogP contribution in [0.25, 0.3) is 0 Å². The lowest BCUT2D eigenvalue weighted by Crippen LogP contribution is -2.42. The summed E-state index contributed by atoms with van der Waals surface area (Å²) in [6, 6.07) is 9.62. The van der Waals surface area contributed by atoms with E-state index in [2.05, 4.69) is 10.6 Å². The second-order valence-corrected chi connectivity index (χ2v) is 4.87. The molecule has 0 aliphatic carbocycles. The molecule has 1 heterocycles. The maximum Gasteiger partial charge on any atom is 0.247 e. The number of hydrogen-bond donors (Lipinski definition) is 3. The van der Waals surface area contributed by atoms with Crippen molar-refractivity contribution in [2.75, 3.05) is 19.7 Å². The summed E-state index contributed by atoms with van der Waals surface area (Å²) in [4.78, 5) is 12.0. The quantitative estimate of drug-likeness (QED) is 0.680. The normalized spacial score (nSPS) is 15.6. The lowest BCUT2D eigenvalue weighted by molar-refractivity contribution is -0.118. The molecule has 0 saturated carbocycles. The van der Waals surface area contributed by atoms with E-state index in [-0.39, 0.29) is 18.6 Å². The van der Waals surface area contributed by atoms with Gasteiger partial charge in [0.05, 0.1) is 12.6 Å². The molecule has 1 aliphatic rings. The Morgan fingerprint density at radius 3 is 2.58 bits per heavy atom. The summed E-state index contributed by atoms with van der Waals surface area (Å²) in [5.41, 5.74) is 3.02. The minimum atomic E-state index is -0.238. The third-order valence-corrected chi connectivity index (χ3v) is 3.43. The Morgan fingerprint density at radius 2 is 2.05 bits per heavy atom. The molecular formula is C15H20N2O2. The maximum absolute atomic E-state index is 12.0. The number of hydrogen-bond acceptors (Lipinski definition) is 3. The van der Waals surface area contributed by atoms with Crippen LogP contribution in [0.4, 0.5) is 0 Å². The van der Waals surface area contributed by atoms with Crippen LogP contribution in [-0.2, 0) is 11.2 Å². The first-order valence-electron chi connectivity index (χ1n) is 6.55. The number of nitrogens with one attached hydrogen (secondary N) is 2. The van der Waals surface area contributed by atoms with Gasteiger partial charge in [-0.25, -0.2) is 0 Å². The molecule has 1 atom stereocenters. The van der Waals surface area contributed by atoms with E-state index in [0.29, 0.717) is 6.42 Å². The fourth-order valence-corrected chi connectivity index (χ4v) is 2.03. The molecule has 1 saturated heterocycles. The van der Waals surface area contributed by atoms with Gasteiger partial charge in [-0.05, 0) is 24.5 Å². The highest BCUT2D eigenvalue weighted by atomic mass is 16.3. The van der Waals surface area contributed by atoms with Gasteiger partial charge >= 0.3 is 0 Å². The highest BCUT2D eigenvalue weighted by Crippen LogP contribution is 2.10. The highest BCUT2D eigenvalue weighted by molar-refractivity contribution is 5.94. The van der Waals surface area contributed by atoms with Gasteiger partial charge in [0, 0.05) is 18.7 Å². The second kappa shape index (κ2) is 6.50. The summed E-state index contributed by atoms with van der Waals surface area (Å²) < 4.78 is 0. The largest absolute Gasteiger partial charge is 0.394 e. The molecule has 0 spiro atoms. The van der Waals surface area contributed by atoms with Gasteiger partial charge in [0.1, 0.15) is 0 Å². The first kappa shape index (κ1) is 13.8. The van der Waals surface area contributed by atoms with Crippen molar-refractivity contribution in [1.82, 2.24) is 10.6 Å². The summed E-state index contributed by atoms with van der Waals surface area (Å²) in [5, 5.41) is 15.4. The zero-order valence-electron chi connectivity index (χ0n) is 11.1. The van der Waals surface area contributed by atoms with E-state index >= 15 is 0 Å². The minimum Gasteiger partial charge on any atom is -0.394 e. The average Bonchev–Trinajstić information content (AvgIpc) is 2.37. The van der Waals surface area contributed by atoms with E-state index in [1.54, 1.807) is 0 Å². The first-order chi connectivity index (χ1) is 9.20. The van der Waals surface area contributed by atoms with Crippen LogP contribution in [0.1, 0.15) is 12.5 Å². The Hall–Kier alpha value is -1.65. The van der Waals surface area contributed by atoms with Crippen molar-refractivity contribution in [1.29, 1.82) is 0 Å². The van der Waals surface area contributed by atoms with Crippen molar-refractivity contribution in [3.05, 3.63) is 47.0 Å². The van der Waals surface area contributed by atoms with Crippen LogP contribution in [-0.4, -0.2) is 36.8 Å². The maximum atomic E-state index is 12.0. The van der Waals surface area contributed by atoms with Crippen LogP contribution in [0.15, 0.2) is 41.5 Å². The van der Waals surface area contributed by atoms with Gasteiger partial charge < -0.3 is 15.7 Å². The number of aliphatic hydroxyl groups excluding tert-OH is 1. The van der Waals surface area contributed by atoms with Crippen molar-refractivity contribution < 1.29 is 9.90 Å². The Kier molecular flexibility index (Phi) is 4.71. The molecule has 102 valence electrons. The third-order valence-electron chi connectivity index (χ3n) is 3.43. The molecule has 1 fully saturated rings. The Bertz CT molecular complexity index is 462. The Morgan fingerprint density at radius 1 is 1.37 bits per heavy atom. The predicted molar refractivity (Wildman–Crippen MR) is 74.7 cm³/mol. The van der Waals surface area contributed by atoms with Crippen LogP contribution < -0.4 is 10.6 Å². The van der Waals surface area contributed by atoms with E-state index < -0.39 is 0 Å². The lowest BCUT2D eigenvalue weighted by Gasteiger charge is -2.23. The molecule has 0 bridgehead atoms. The molecular weight excluding hydrogens is 240 g/mol. The Labute approximate surface area is 113 Å². The van der Waals surface area contributed by atoms with E-state index in [9.17, 15) is 9.90 Å². The van der Waals surface area contributed by atoms with Crippen molar-refractivity contribution >= 4 is 5.91 Å². The summed E-state index contributed by atoms with van der Waals surface area (Å²) >= 11 is 0. The second-order valence-electron chi connectivity index (χ2n) is 4.87. The van der Waals surface area contributed by atoms with Crippen LogP contribution in [0, 0.1) is 0 Å². The summed E-state index contributed by atoms with van der Waals surface area (Å²) in [7, 11) is 0. The molecule has 3 N–H and O–H groups in total. The van der Waals surface area contributed by atoms with E-state index in [4.69, 9.17) is 0 Å². The van der Waals surface area contributed by atoms with Gasteiger partial charge in [-0.15, -0.1) is 0 Å². The number of rotatable bonds is 5. The lowest BCUT2D eigenvalue weighted by atomic mass is 10.0. The van der Waals surface area contributed by atoms with Gasteiger partial charge in [0.25, 0.3) is 0 Å². The molecule has 1 amide bonds. The van der Waals surface area contributed by atoms with Crippen molar-refractivity contribution in [2.24, 2.45) is 0 Å². The highest BCUT2D eigenvalue weighted by Gasteiger charge is 2.18. The molecule has 2 rings (SSSR count). The van der Waals surface area contributed by atoms with Crippen LogP contribution >= 0.6 is 0 Å². The molecule has 4 heteroatoms. The van der Waals surface area contributed by atoms with Crippen LogP contribution in [0.3, 0.4) is 0 Å². The SMILES string of the molecule is CC(C(=O)NC(CO)Cc1ccccc1)=C1CNC1. The van der Waals surface area contributed by atoms with Crippen LogP contribution in [0.2, 0.25) is 0 Å². The number of carbonyl (C=O) groups excluding carboxylic acids is 1. The summed E-state index contributed by atoms with van der Waals surface area (Å²) in [6.07, 6.45) is 0.643. The predicted octanol–water partition coefficient (Wildman–Crippen LogP) is 0.626. The molecule has 1 unspecified atom stereocenters. The van der Waals surface area contributed by atoms with E-state index in [0.717, 1.165) is 29.8 Å². The fourth-order valence-electron chi connectivity index (χ4n) is 2.03. The third kappa shape index (κ3) is 3.66. The van der Waals surface area contributed by atoms with Gasteiger partial charge in [-0.3, -0.25) is 4.79 Å². The monoisotopic (exact) mass is 260 g/mol. The summed E-state index contributed by atoms with van der Waals surface area (Å²) in [6.45, 7) is 3.37. The number of amides is 1. The number of benzene rings is 1. The summed E-state index contributed by atoms with van der Waals surface area (Å²) in [5.74, 6) is -0.0773. The Balaban J connectivity index is 1.94. The van der Waals surface area contributed by atoms with Crippen molar-refractivity contribution in [3.63, 3.8) is 0 Å². The molecule has 19 heavy (non-hydrogen) atoms. The number of carbonyl (C=O) groups is 1. The average molecular weight is 260 g/mol. The van der Waals surface area contributed by atoms with Gasteiger partial charge in [0.15, 0.2) is 0 Å². The van der Waals surface area contributed by atoms with Crippen molar-refractivity contribution in [3.8, 4) is 0 Å². The van der Waals surface area contributed by atoms with Gasteiger partial charge in [0.2, 0.25) is 5.91 Å². The minimum absolute atomic E-state index is 0.0541. The molecule has 1 aliphatic heterocycles. The van der Waals surface area contributed by atoms with Crippen LogP contribution in [0.5, 0.6) is 0 Å². The zero-order valence-corrected chi connectivity index (χ0v) is 11.1. The van der Waals surface area contributed by atoms with Gasteiger partial charge in [-0.1, -0.05) is 30.3 Å². The molecule has 4 nitrogen and oxygen atoms in total. The molecule has 1 aromatic rings. The zero-order chi connectivity index (χ0) is 13.7. The topological polar surface area (TPSA) is 61.4 Å². The van der Waals surface area contributed by atoms with Crippen molar-refractivity contribution in [2.45, 2.75) is 19.4 Å². The molecule has 1 aromatic carbocycles. The molecule has 0 radical (unpaired) electrons. The number of aliphatic hydroxyl groups is 1. The molecule has 0 aromatic heterocycles. The first-order valence-corrected chi connectivity index (χ1v) is 6.55. The fraction of sp³-hybridized carbons (Fsp3) is 0.400. The standard InChI is InChI=1S/C15H20N2O2/c1-11(13-8-16-9-13)15(19)17-14(10-18)7-12-5-3-2-4-6-12/h2-6,14,16,18H,7-10H2,1H3,(H,17,19). The van der Waals surface area contributed by atoms with E-state index in [1.165, 1.54) is 0 Å².